The number of benzene rings is 2. The van der Waals surface area contributed by atoms with E-state index in [1.807, 2.05) is 12.1 Å². The van der Waals surface area contributed by atoms with Crippen LogP contribution in [0.4, 0.5) is 11.4 Å². The van der Waals surface area contributed by atoms with Crippen LogP contribution in [0, 0.1) is 0 Å². The minimum atomic E-state index is -0.398. The van der Waals surface area contributed by atoms with Gasteiger partial charge in [0.05, 0.1) is 33.1 Å². The molecule has 216 valence electrons. The molecule has 1 aliphatic carbocycles. The van der Waals surface area contributed by atoms with Crippen molar-refractivity contribution in [2.75, 3.05) is 38.5 Å². The van der Waals surface area contributed by atoms with Gasteiger partial charge in [0.15, 0.2) is 11.5 Å². The highest BCUT2D eigenvalue weighted by molar-refractivity contribution is 5.91. The number of nitrogens with one attached hydrogen (secondary N) is 3. The quantitative estimate of drug-likeness (QED) is 0.268. The summed E-state index contributed by atoms with van der Waals surface area (Å²) in [6, 6.07) is 13.0. The molecule has 1 aliphatic rings. The van der Waals surface area contributed by atoms with Crippen LogP contribution < -0.4 is 35.6 Å². The number of rotatable bonds is 10. The van der Waals surface area contributed by atoms with Gasteiger partial charge in [-0.2, -0.15) is 0 Å². The summed E-state index contributed by atoms with van der Waals surface area (Å²) in [6.07, 6.45) is 1.88. The van der Waals surface area contributed by atoms with Crippen LogP contribution in [0.3, 0.4) is 0 Å². The molecule has 41 heavy (non-hydrogen) atoms. The molecule has 0 heterocycles. The second-order valence-corrected chi connectivity index (χ2v) is 9.72. The third kappa shape index (κ3) is 6.71. The van der Waals surface area contributed by atoms with Crippen LogP contribution in [-0.4, -0.2) is 44.8 Å². The van der Waals surface area contributed by atoms with Gasteiger partial charge in [0.1, 0.15) is 5.75 Å². The number of fused-ring (bicyclic) bond motifs is 3. The Bertz CT molecular complexity index is 1510. The van der Waals surface area contributed by atoms with Crippen LogP contribution in [-0.2, 0) is 16.0 Å². The summed E-state index contributed by atoms with van der Waals surface area (Å²) in [5, 5.41) is 18.5. The lowest BCUT2D eigenvalue weighted by Gasteiger charge is -2.19. The van der Waals surface area contributed by atoms with Crippen molar-refractivity contribution in [3.05, 3.63) is 69.9 Å². The molecule has 0 saturated carbocycles. The van der Waals surface area contributed by atoms with Crippen molar-refractivity contribution >= 4 is 23.2 Å². The maximum absolute atomic E-state index is 13.4. The Morgan fingerprint density at radius 1 is 1.00 bits per heavy atom. The van der Waals surface area contributed by atoms with E-state index in [4.69, 9.17) is 14.2 Å². The molecular formula is C31H35N3O7. The number of phenolic OH excluding ortho intramolecular Hbond substituents is 1. The molecule has 0 spiro atoms. The number of carbonyl (C=O) groups is 2. The number of anilines is 2. The second-order valence-electron chi connectivity index (χ2n) is 9.72. The van der Waals surface area contributed by atoms with Crippen molar-refractivity contribution in [3.63, 3.8) is 0 Å². The first kappa shape index (κ1) is 29.3. The molecule has 3 aromatic rings. The highest BCUT2D eigenvalue weighted by Gasteiger charge is 2.29. The van der Waals surface area contributed by atoms with Gasteiger partial charge >= 0.3 is 0 Å². The van der Waals surface area contributed by atoms with Crippen LogP contribution in [0.2, 0.25) is 0 Å². The average molecular weight is 562 g/mol. The van der Waals surface area contributed by atoms with Crippen molar-refractivity contribution in [1.29, 1.82) is 0 Å². The Balaban J connectivity index is 1.63. The zero-order valence-electron chi connectivity index (χ0n) is 23.6. The highest BCUT2D eigenvalue weighted by atomic mass is 16.5. The monoisotopic (exact) mass is 561 g/mol. The van der Waals surface area contributed by atoms with Gasteiger partial charge in [0.25, 0.3) is 0 Å². The van der Waals surface area contributed by atoms with Crippen LogP contribution in [0.15, 0.2) is 53.3 Å². The Hall–Kier alpha value is -4.73. The molecule has 3 aromatic carbocycles. The van der Waals surface area contributed by atoms with E-state index in [-0.39, 0.29) is 29.4 Å². The Morgan fingerprint density at radius 3 is 2.46 bits per heavy atom. The van der Waals surface area contributed by atoms with Gasteiger partial charge in [-0.15, -0.1) is 0 Å². The number of hydrogen-bond acceptors (Lipinski definition) is 8. The maximum Gasteiger partial charge on any atom is 0.224 e. The summed E-state index contributed by atoms with van der Waals surface area (Å²) in [7, 11) is 4.66. The van der Waals surface area contributed by atoms with Crippen molar-refractivity contribution in [2.45, 2.75) is 38.6 Å². The fraction of sp³-hybridized carbons (Fsp3) is 0.323. The molecule has 10 nitrogen and oxygen atoms in total. The smallest absolute Gasteiger partial charge is 0.224 e. The third-order valence-electron chi connectivity index (χ3n) is 6.94. The molecule has 4 rings (SSSR count). The molecule has 4 N–H and O–H groups in total. The van der Waals surface area contributed by atoms with Crippen LogP contribution in [0.25, 0.3) is 11.1 Å². The molecule has 2 amide bonds. The van der Waals surface area contributed by atoms with E-state index < -0.39 is 6.04 Å². The molecule has 0 saturated heterocycles. The molecule has 0 bridgehead atoms. The maximum atomic E-state index is 13.4. The molecule has 0 aromatic heterocycles. The van der Waals surface area contributed by atoms with Crippen molar-refractivity contribution < 1.29 is 28.9 Å². The minimum Gasteiger partial charge on any atom is -0.508 e. The van der Waals surface area contributed by atoms with E-state index in [1.54, 1.807) is 38.5 Å². The summed E-state index contributed by atoms with van der Waals surface area (Å²) >= 11 is 0. The normalized spacial score (nSPS) is 13.6. The number of amides is 2. The van der Waals surface area contributed by atoms with Gasteiger partial charge < -0.3 is 35.3 Å². The minimum absolute atomic E-state index is 0.0707. The lowest BCUT2D eigenvalue weighted by Crippen LogP contribution is -2.26. The first-order valence-corrected chi connectivity index (χ1v) is 13.4. The molecule has 0 unspecified atom stereocenters. The van der Waals surface area contributed by atoms with E-state index in [2.05, 4.69) is 16.0 Å². The van der Waals surface area contributed by atoms with Crippen molar-refractivity contribution in [1.82, 2.24) is 5.32 Å². The first-order chi connectivity index (χ1) is 19.7. The van der Waals surface area contributed by atoms with Gasteiger partial charge in [-0.3, -0.25) is 14.4 Å². The Morgan fingerprint density at radius 2 is 1.78 bits per heavy atom. The molecule has 0 fully saturated rings. The van der Waals surface area contributed by atoms with Crippen LogP contribution in [0.5, 0.6) is 23.0 Å². The van der Waals surface area contributed by atoms with Gasteiger partial charge in [-0.05, 0) is 66.3 Å². The summed E-state index contributed by atoms with van der Waals surface area (Å²) in [4.78, 5) is 37.8. The standard InChI is InChI=1S/C31H35N3O7/c1-18(35)33-24-12-10-19-15-27(39-2)30(40-3)31(41-4)29(19)22-11-13-25(26(37)17-23(22)24)32-14-6-9-28(38)34-20-7-5-8-21(36)16-20/h5,7-8,11,13,15-17,24,36H,6,9-10,12,14H2,1-4H3,(H,32,37)(H,33,35)(H,34,38)/t24-/m0/s1. The fourth-order valence-electron chi connectivity index (χ4n) is 5.13. The van der Waals surface area contributed by atoms with Gasteiger partial charge in [0, 0.05) is 37.2 Å². The van der Waals surface area contributed by atoms with Gasteiger partial charge in [0.2, 0.25) is 23.0 Å². The average Bonchev–Trinajstić information content (AvgIpc) is 3.18. The summed E-state index contributed by atoms with van der Waals surface area (Å²) in [6.45, 7) is 1.84. The SMILES string of the molecule is COc1cc2c(c(OC)c1OC)-c1ccc(NCCCC(=O)Nc3cccc(O)c3)c(=O)cc1[C@@H](NC(C)=O)CC2. The predicted molar refractivity (Wildman–Crippen MR) is 157 cm³/mol. The predicted octanol–water partition coefficient (Wildman–Crippen LogP) is 4.40. The van der Waals surface area contributed by atoms with Crippen molar-refractivity contribution in [2.24, 2.45) is 0 Å². The number of carbonyl (C=O) groups excluding carboxylic acids is 2. The van der Waals surface area contributed by atoms with Crippen molar-refractivity contribution in [3.8, 4) is 34.1 Å². The van der Waals surface area contributed by atoms with Crippen LogP contribution in [0.1, 0.15) is 43.4 Å². The number of methoxy groups -OCH3 is 3. The largest absolute Gasteiger partial charge is 0.508 e. The summed E-state index contributed by atoms with van der Waals surface area (Å²) in [5.74, 6) is 1.13. The highest BCUT2D eigenvalue weighted by Crippen LogP contribution is 2.50. The zero-order valence-corrected chi connectivity index (χ0v) is 23.6. The topological polar surface area (TPSA) is 135 Å². The third-order valence-corrected chi connectivity index (χ3v) is 6.94. The van der Waals surface area contributed by atoms with E-state index >= 15 is 0 Å². The number of aryl methyl sites for hydroxylation is 1. The molecule has 0 aliphatic heterocycles. The summed E-state index contributed by atoms with van der Waals surface area (Å²) < 4.78 is 17.0. The Labute approximate surface area is 238 Å². The van der Waals surface area contributed by atoms with Crippen LogP contribution >= 0.6 is 0 Å². The first-order valence-electron chi connectivity index (χ1n) is 13.4. The molecular weight excluding hydrogens is 526 g/mol. The number of hydrogen-bond donors (Lipinski definition) is 4. The lowest BCUT2D eigenvalue weighted by atomic mass is 9.95. The number of aromatic hydroxyl groups is 1. The zero-order chi connectivity index (χ0) is 29.5. The van der Waals surface area contributed by atoms with E-state index in [1.165, 1.54) is 26.2 Å². The van der Waals surface area contributed by atoms with E-state index in [9.17, 15) is 19.5 Å². The second kappa shape index (κ2) is 13.1. The lowest BCUT2D eigenvalue weighted by molar-refractivity contribution is -0.119. The summed E-state index contributed by atoms with van der Waals surface area (Å²) in [5.41, 5.74) is 3.78. The molecule has 0 radical (unpaired) electrons. The number of phenols is 1. The van der Waals surface area contributed by atoms with E-state index in [0.29, 0.717) is 60.0 Å². The van der Waals surface area contributed by atoms with Gasteiger partial charge in [-0.1, -0.05) is 12.1 Å². The molecule has 10 heteroatoms. The van der Waals surface area contributed by atoms with Gasteiger partial charge in [-0.25, -0.2) is 0 Å². The molecule has 1 atom stereocenters. The van der Waals surface area contributed by atoms with E-state index in [0.717, 1.165) is 16.7 Å². The Kier molecular flexibility index (Phi) is 9.34. The fourth-order valence-corrected chi connectivity index (χ4v) is 5.13. The number of ether oxygens (including phenoxy) is 3.